The molecule has 0 radical (unpaired) electrons. The molecule has 0 amide bonds. The fraction of sp³-hybridized carbons (Fsp3) is 0.381. The van der Waals surface area contributed by atoms with Gasteiger partial charge in [0.1, 0.15) is 5.82 Å². The lowest BCUT2D eigenvalue weighted by molar-refractivity contribution is 0.278. The number of nitrogens with zero attached hydrogens (tertiary/aromatic N) is 4. The second-order valence-electron chi connectivity index (χ2n) is 7.76. The van der Waals surface area contributed by atoms with Gasteiger partial charge >= 0.3 is 0 Å². The van der Waals surface area contributed by atoms with Gasteiger partial charge in [-0.25, -0.2) is 4.68 Å². The predicted octanol–water partition coefficient (Wildman–Crippen LogP) is 3.37. The molecule has 1 aromatic carbocycles. The Balaban J connectivity index is 1.68. The molecule has 2 aromatic rings. The molecule has 1 saturated heterocycles. The average molecular weight is 363 g/mol. The normalized spacial score (nSPS) is 15.8. The molecule has 1 aliphatic heterocycles. The number of benzene rings is 1. The highest BCUT2D eigenvalue weighted by Gasteiger charge is 2.26. The van der Waals surface area contributed by atoms with E-state index in [1.165, 1.54) is 4.68 Å². The fourth-order valence-electron chi connectivity index (χ4n) is 3.11. The maximum Gasteiger partial charge on any atom is 0.267 e. The first-order valence-electron chi connectivity index (χ1n) is 9.14. The van der Waals surface area contributed by atoms with Crippen LogP contribution in [0.15, 0.2) is 53.5 Å². The number of allylic oxidation sites excluding steroid dienone is 1. The Hall–Kier alpha value is -3.07. The van der Waals surface area contributed by atoms with Gasteiger partial charge in [-0.15, -0.1) is 0 Å². The van der Waals surface area contributed by atoms with Crippen LogP contribution >= 0.6 is 0 Å². The van der Waals surface area contributed by atoms with E-state index in [9.17, 15) is 4.79 Å². The molecule has 6 nitrogen and oxygen atoms in total. The van der Waals surface area contributed by atoms with Gasteiger partial charge in [0.25, 0.3) is 5.56 Å². The fourth-order valence-corrected chi connectivity index (χ4v) is 3.11. The van der Waals surface area contributed by atoms with E-state index in [1.54, 1.807) is 24.3 Å². The van der Waals surface area contributed by atoms with Crippen molar-refractivity contribution in [3.63, 3.8) is 0 Å². The van der Waals surface area contributed by atoms with E-state index in [2.05, 4.69) is 41.8 Å². The molecule has 2 heterocycles. The van der Waals surface area contributed by atoms with Crippen molar-refractivity contribution in [3.05, 3.63) is 64.6 Å². The van der Waals surface area contributed by atoms with E-state index >= 15 is 0 Å². The lowest BCUT2D eigenvalue weighted by atomic mass is 9.83. The van der Waals surface area contributed by atoms with E-state index in [4.69, 9.17) is 5.26 Å². The van der Waals surface area contributed by atoms with Crippen molar-refractivity contribution in [3.8, 4) is 6.07 Å². The van der Waals surface area contributed by atoms with Crippen molar-refractivity contribution in [2.45, 2.75) is 33.2 Å². The summed E-state index contributed by atoms with van der Waals surface area (Å²) in [6, 6.07) is 12.5. The largest absolute Gasteiger partial charge is 0.358 e. The Bertz CT molecular complexity index is 911. The van der Waals surface area contributed by atoms with Crippen molar-refractivity contribution in [1.29, 1.82) is 5.26 Å². The Morgan fingerprint density at radius 1 is 1.22 bits per heavy atom. The number of nitriles is 1. The van der Waals surface area contributed by atoms with Gasteiger partial charge in [-0.05, 0) is 48.6 Å². The van der Waals surface area contributed by atoms with Crippen molar-refractivity contribution < 1.29 is 0 Å². The Morgan fingerprint density at radius 2 is 1.89 bits per heavy atom. The average Bonchev–Trinajstić information content (AvgIpc) is 2.64. The highest BCUT2D eigenvalue weighted by atomic mass is 16.1. The Labute approximate surface area is 159 Å². The minimum atomic E-state index is -0.154. The first-order valence-corrected chi connectivity index (χ1v) is 9.14. The van der Waals surface area contributed by atoms with Crippen LogP contribution in [0.3, 0.4) is 0 Å². The van der Waals surface area contributed by atoms with Crippen molar-refractivity contribution >= 4 is 11.5 Å². The number of rotatable bonds is 5. The minimum Gasteiger partial charge on any atom is -0.358 e. The first-order chi connectivity index (χ1) is 12.9. The van der Waals surface area contributed by atoms with Gasteiger partial charge in [-0.3, -0.25) is 4.79 Å². The maximum absolute atomic E-state index is 12.2. The molecule has 1 aliphatic rings. The highest BCUT2D eigenvalue weighted by molar-refractivity contribution is 5.50. The van der Waals surface area contributed by atoms with Crippen LogP contribution in [0.4, 0.5) is 11.5 Å². The van der Waals surface area contributed by atoms with Gasteiger partial charge < -0.3 is 10.2 Å². The van der Waals surface area contributed by atoms with Crippen LogP contribution < -0.4 is 15.8 Å². The number of hydrogen-bond acceptors (Lipinski definition) is 5. The molecule has 0 spiro atoms. The Morgan fingerprint density at radius 3 is 2.52 bits per heavy atom. The van der Waals surface area contributed by atoms with Gasteiger partial charge in [0.15, 0.2) is 0 Å². The van der Waals surface area contributed by atoms with E-state index in [0.717, 1.165) is 37.4 Å². The quantitative estimate of drug-likeness (QED) is 0.882. The number of piperidine rings is 1. The molecule has 1 N–H and O–H groups in total. The lowest BCUT2D eigenvalue weighted by Crippen LogP contribution is -2.39. The van der Waals surface area contributed by atoms with Gasteiger partial charge in [0.2, 0.25) is 0 Å². The zero-order valence-corrected chi connectivity index (χ0v) is 15.9. The monoisotopic (exact) mass is 363 g/mol. The van der Waals surface area contributed by atoms with Gasteiger partial charge in [-0.2, -0.15) is 10.4 Å². The third-order valence-corrected chi connectivity index (χ3v) is 4.97. The van der Waals surface area contributed by atoms with Crippen LogP contribution in [0.1, 0.15) is 32.3 Å². The van der Waals surface area contributed by atoms with Crippen LogP contribution in [0, 0.1) is 16.7 Å². The molecule has 0 aliphatic carbocycles. The molecule has 1 aromatic heterocycles. The maximum atomic E-state index is 12.2. The van der Waals surface area contributed by atoms with Crippen LogP contribution in [0.2, 0.25) is 0 Å². The molecule has 1 fully saturated rings. The minimum absolute atomic E-state index is 0.154. The topological polar surface area (TPSA) is 74.0 Å². The molecule has 0 unspecified atom stereocenters. The molecular weight excluding hydrogens is 338 g/mol. The SMILES string of the molecule is C=C(Cn1nc(N2CCC(C)(C)CC2)ccc1=O)Nc1ccc(C#N)cc1. The molecule has 0 saturated carbocycles. The van der Waals surface area contributed by atoms with Crippen LogP contribution in [-0.4, -0.2) is 22.9 Å². The summed E-state index contributed by atoms with van der Waals surface area (Å²) in [5.74, 6) is 0.830. The van der Waals surface area contributed by atoms with Gasteiger partial charge in [0, 0.05) is 30.5 Å². The molecule has 6 heteroatoms. The van der Waals surface area contributed by atoms with E-state index < -0.39 is 0 Å². The lowest BCUT2D eigenvalue weighted by Gasteiger charge is -2.37. The van der Waals surface area contributed by atoms with Crippen molar-refractivity contribution in [2.24, 2.45) is 5.41 Å². The molecule has 0 atom stereocenters. The zero-order chi connectivity index (χ0) is 19.4. The number of hydrogen-bond donors (Lipinski definition) is 1. The Kier molecular flexibility index (Phi) is 5.31. The van der Waals surface area contributed by atoms with Crippen LogP contribution in [-0.2, 0) is 6.54 Å². The van der Waals surface area contributed by atoms with E-state index in [0.29, 0.717) is 16.7 Å². The van der Waals surface area contributed by atoms with Gasteiger partial charge in [0.05, 0.1) is 18.2 Å². The summed E-state index contributed by atoms with van der Waals surface area (Å²) in [4.78, 5) is 14.4. The van der Waals surface area contributed by atoms with E-state index in [1.807, 2.05) is 12.1 Å². The summed E-state index contributed by atoms with van der Waals surface area (Å²) in [5, 5.41) is 16.6. The number of nitrogens with one attached hydrogen (secondary N) is 1. The molecular formula is C21H25N5O. The van der Waals surface area contributed by atoms with Crippen molar-refractivity contribution in [2.75, 3.05) is 23.3 Å². The predicted molar refractivity (Wildman–Crippen MR) is 108 cm³/mol. The third-order valence-electron chi connectivity index (χ3n) is 4.97. The molecule has 0 bridgehead atoms. The summed E-state index contributed by atoms with van der Waals surface area (Å²) in [6.45, 7) is 10.8. The van der Waals surface area contributed by atoms with E-state index in [-0.39, 0.29) is 12.1 Å². The summed E-state index contributed by atoms with van der Waals surface area (Å²) < 4.78 is 1.44. The zero-order valence-electron chi connectivity index (χ0n) is 15.9. The summed E-state index contributed by atoms with van der Waals surface area (Å²) in [6.07, 6.45) is 2.22. The molecule has 3 rings (SSSR count). The van der Waals surface area contributed by atoms with Crippen LogP contribution in [0.25, 0.3) is 0 Å². The number of anilines is 2. The van der Waals surface area contributed by atoms with Crippen molar-refractivity contribution in [1.82, 2.24) is 9.78 Å². The first kappa shape index (κ1) is 18.7. The molecule has 140 valence electrons. The third kappa shape index (κ3) is 4.76. The smallest absolute Gasteiger partial charge is 0.267 e. The summed E-state index contributed by atoms with van der Waals surface area (Å²) in [7, 11) is 0. The molecule has 27 heavy (non-hydrogen) atoms. The standard InChI is InChI=1S/C21H25N5O/c1-16(23-18-6-4-17(14-22)5-7-18)15-26-20(27)9-8-19(24-26)25-12-10-21(2,3)11-13-25/h4-9,23H,1,10-13,15H2,2-3H3. The second-order valence-corrected chi connectivity index (χ2v) is 7.76. The number of aromatic nitrogens is 2. The van der Waals surface area contributed by atoms with Crippen LogP contribution in [0.5, 0.6) is 0 Å². The van der Waals surface area contributed by atoms with Gasteiger partial charge in [-0.1, -0.05) is 20.4 Å². The summed E-state index contributed by atoms with van der Waals surface area (Å²) >= 11 is 0. The second kappa shape index (κ2) is 7.67. The summed E-state index contributed by atoms with van der Waals surface area (Å²) in [5.41, 5.74) is 2.29. The highest BCUT2D eigenvalue weighted by Crippen LogP contribution is 2.31.